The highest BCUT2D eigenvalue weighted by atomic mass is 19.4. The molecule has 1 aromatic heterocycles. The molecule has 6 nitrogen and oxygen atoms in total. The maximum absolute atomic E-state index is 13.9. The standard InChI is InChI=1S/C21H28F3N5O/c1-15-13-17(21(22,23)24)18(25-14-16-9-7-6-8-10-16)19(26-15)29(12-11-27(2)3)20(30)28(4)5/h6-10,13,25H,11-12,14H2,1-5H3. The minimum absolute atomic E-state index is 0.0289. The molecule has 0 radical (unpaired) electrons. The highest BCUT2D eigenvalue weighted by Crippen LogP contribution is 2.40. The summed E-state index contributed by atoms with van der Waals surface area (Å²) in [6.45, 7) is 2.32. The number of pyridine rings is 1. The second-order valence-corrected chi connectivity index (χ2v) is 7.48. The summed E-state index contributed by atoms with van der Waals surface area (Å²) in [5.41, 5.74) is -0.0480. The molecule has 1 heterocycles. The summed E-state index contributed by atoms with van der Waals surface area (Å²) >= 11 is 0. The van der Waals surface area contributed by atoms with Gasteiger partial charge in [-0.25, -0.2) is 9.78 Å². The number of hydrogen-bond acceptors (Lipinski definition) is 4. The zero-order valence-electron chi connectivity index (χ0n) is 17.9. The van der Waals surface area contributed by atoms with E-state index in [9.17, 15) is 18.0 Å². The molecule has 164 valence electrons. The number of benzene rings is 1. The molecule has 0 aliphatic carbocycles. The molecule has 0 spiro atoms. The predicted octanol–water partition coefficient (Wildman–Crippen LogP) is 4.07. The second-order valence-electron chi connectivity index (χ2n) is 7.48. The van der Waals surface area contributed by atoms with Crippen LogP contribution in [0.15, 0.2) is 36.4 Å². The van der Waals surface area contributed by atoms with Gasteiger partial charge < -0.3 is 15.1 Å². The first-order chi connectivity index (χ1) is 14.0. The van der Waals surface area contributed by atoms with Crippen LogP contribution < -0.4 is 10.2 Å². The maximum atomic E-state index is 13.9. The lowest BCUT2D eigenvalue weighted by Crippen LogP contribution is -2.43. The fourth-order valence-corrected chi connectivity index (χ4v) is 2.87. The van der Waals surface area contributed by atoms with Crippen molar-refractivity contribution in [3.8, 4) is 0 Å². The molecule has 2 aromatic rings. The predicted molar refractivity (Wildman–Crippen MR) is 113 cm³/mol. The van der Waals surface area contributed by atoms with Crippen LogP contribution in [0.5, 0.6) is 0 Å². The number of aryl methyl sites for hydroxylation is 1. The van der Waals surface area contributed by atoms with Gasteiger partial charge >= 0.3 is 12.2 Å². The van der Waals surface area contributed by atoms with E-state index in [1.54, 1.807) is 14.1 Å². The van der Waals surface area contributed by atoms with Crippen molar-refractivity contribution in [3.63, 3.8) is 0 Å². The minimum atomic E-state index is -4.60. The van der Waals surface area contributed by atoms with Gasteiger partial charge in [-0.15, -0.1) is 0 Å². The Morgan fingerprint density at radius 3 is 2.23 bits per heavy atom. The van der Waals surface area contributed by atoms with Crippen LogP contribution in [0, 0.1) is 6.92 Å². The SMILES string of the molecule is Cc1cc(C(F)(F)F)c(NCc2ccccc2)c(N(CCN(C)C)C(=O)N(C)C)n1. The Morgan fingerprint density at radius 1 is 1.07 bits per heavy atom. The van der Waals surface area contributed by atoms with Crippen LogP contribution >= 0.6 is 0 Å². The van der Waals surface area contributed by atoms with Crippen molar-refractivity contribution in [1.29, 1.82) is 0 Å². The molecule has 0 atom stereocenters. The third-order valence-electron chi connectivity index (χ3n) is 4.39. The number of aromatic nitrogens is 1. The Labute approximate surface area is 175 Å². The lowest BCUT2D eigenvalue weighted by atomic mass is 10.1. The quantitative estimate of drug-likeness (QED) is 0.730. The number of nitrogens with one attached hydrogen (secondary N) is 1. The molecule has 0 saturated carbocycles. The van der Waals surface area contributed by atoms with E-state index in [1.807, 2.05) is 49.3 Å². The number of likely N-dealkylation sites (N-methyl/N-ethyl adjacent to an activating group) is 1. The van der Waals surface area contributed by atoms with E-state index in [-0.39, 0.29) is 30.3 Å². The van der Waals surface area contributed by atoms with Crippen LogP contribution in [-0.4, -0.2) is 62.1 Å². The van der Waals surface area contributed by atoms with E-state index in [0.29, 0.717) is 6.54 Å². The third kappa shape index (κ3) is 6.09. The molecule has 2 amide bonds. The number of alkyl halides is 3. The molecule has 2 rings (SSSR count). The Kier molecular flexibility index (Phi) is 7.66. The summed E-state index contributed by atoms with van der Waals surface area (Å²) in [6, 6.07) is 9.66. The van der Waals surface area contributed by atoms with Gasteiger partial charge in [0.1, 0.15) is 0 Å². The summed E-state index contributed by atoms with van der Waals surface area (Å²) in [7, 11) is 6.78. The minimum Gasteiger partial charge on any atom is -0.377 e. The monoisotopic (exact) mass is 423 g/mol. The van der Waals surface area contributed by atoms with E-state index in [4.69, 9.17) is 0 Å². The normalized spacial score (nSPS) is 11.5. The maximum Gasteiger partial charge on any atom is 0.418 e. The second kappa shape index (κ2) is 9.80. The third-order valence-corrected chi connectivity index (χ3v) is 4.39. The van der Waals surface area contributed by atoms with Crippen LogP contribution in [0.3, 0.4) is 0 Å². The molecular formula is C21H28F3N5O. The van der Waals surface area contributed by atoms with Gasteiger partial charge in [-0.05, 0) is 32.6 Å². The van der Waals surface area contributed by atoms with Crippen molar-refractivity contribution in [2.45, 2.75) is 19.6 Å². The zero-order chi connectivity index (χ0) is 22.5. The number of anilines is 2. The lowest BCUT2D eigenvalue weighted by molar-refractivity contribution is -0.137. The number of carbonyl (C=O) groups is 1. The fraction of sp³-hybridized carbons (Fsp3) is 0.429. The van der Waals surface area contributed by atoms with Crippen molar-refractivity contribution < 1.29 is 18.0 Å². The average molecular weight is 423 g/mol. The highest BCUT2D eigenvalue weighted by Gasteiger charge is 2.37. The molecule has 1 N–H and O–H groups in total. The van der Waals surface area contributed by atoms with Gasteiger partial charge in [0.2, 0.25) is 0 Å². The molecule has 0 saturated heterocycles. The van der Waals surface area contributed by atoms with Crippen molar-refractivity contribution in [2.75, 3.05) is 51.5 Å². The Morgan fingerprint density at radius 2 is 1.70 bits per heavy atom. The number of nitrogens with zero attached hydrogens (tertiary/aromatic N) is 4. The molecule has 0 bridgehead atoms. The van der Waals surface area contributed by atoms with E-state index < -0.39 is 17.8 Å². The van der Waals surface area contributed by atoms with Gasteiger partial charge in [0.15, 0.2) is 5.82 Å². The number of urea groups is 1. The first-order valence-electron chi connectivity index (χ1n) is 9.51. The first kappa shape index (κ1) is 23.5. The van der Waals surface area contributed by atoms with Gasteiger partial charge in [-0.3, -0.25) is 4.90 Å². The van der Waals surface area contributed by atoms with E-state index in [0.717, 1.165) is 11.6 Å². The Bertz CT molecular complexity index is 854. The number of hydrogen-bond donors (Lipinski definition) is 1. The van der Waals surface area contributed by atoms with Crippen LogP contribution in [-0.2, 0) is 12.7 Å². The van der Waals surface area contributed by atoms with Crippen LogP contribution in [0.4, 0.5) is 29.5 Å². The van der Waals surface area contributed by atoms with E-state index in [2.05, 4.69) is 10.3 Å². The molecule has 0 fully saturated rings. The summed E-state index contributed by atoms with van der Waals surface area (Å²) in [5, 5.41) is 2.89. The average Bonchev–Trinajstić information content (AvgIpc) is 2.66. The van der Waals surface area contributed by atoms with E-state index >= 15 is 0 Å². The van der Waals surface area contributed by atoms with Gasteiger partial charge in [0, 0.05) is 39.4 Å². The van der Waals surface area contributed by atoms with Gasteiger partial charge in [0.25, 0.3) is 0 Å². The smallest absolute Gasteiger partial charge is 0.377 e. The van der Waals surface area contributed by atoms with Gasteiger partial charge in [-0.2, -0.15) is 13.2 Å². The summed E-state index contributed by atoms with van der Waals surface area (Å²) in [6.07, 6.45) is -4.60. The fourth-order valence-electron chi connectivity index (χ4n) is 2.87. The number of carbonyl (C=O) groups excluding carboxylic acids is 1. The van der Waals surface area contributed by atoms with Crippen LogP contribution in [0.25, 0.3) is 0 Å². The molecule has 1 aromatic carbocycles. The van der Waals surface area contributed by atoms with Crippen LogP contribution in [0.1, 0.15) is 16.8 Å². The number of rotatable bonds is 7. The largest absolute Gasteiger partial charge is 0.418 e. The molecule has 0 unspecified atom stereocenters. The van der Waals surface area contributed by atoms with Crippen molar-refractivity contribution >= 4 is 17.5 Å². The Balaban J connectivity index is 2.58. The lowest BCUT2D eigenvalue weighted by Gasteiger charge is -2.30. The molecule has 0 aliphatic heterocycles. The molecule has 9 heteroatoms. The summed E-state index contributed by atoms with van der Waals surface area (Å²) in [4.78, 5) is 21.6. The van der Waals surface area contributed by atoms with Crippen molar-refractivity contribution in [2.24, 2.45) is 0 Å². The van der Waals surface area contributed by atoms with Crippen molar-refractivity contribution in [1.82, 2.24) is 14.8 Å². The molecule has 30 heavy (non-hydrogen) atoms. The molecule has 0 aliphatic rings. The molecular weight excluding hydrogens is 395 g/mol. The number of halogens is 3. The summed E-state index contributed by atoms with van der Waals surface area (Å²) < 4.78 is 41.6. The van der Waals surface area contributed by atoms with Crippen molar-refractivity contribution in [3.05, 3.63) is 53.2 Å². The van der Waals surface area contributed by atoms with Crippen LogP contribution in [0.2, 0.25) is 0 Å². The first-order valence-corrected chi connectivity index (χ1v) is 9.51. The number of amides is 2. The van der Waals surface area contributed by atoms with Gasteiger partial charge in [0.05, 0.1) is 11.3 Å². The zero-order valence-corrected chi connectivity index (χ0v) is 17.9. The summed E-state index contributed by atoms with van der Waals surface area (Å²) in [5.74, 6) is -0.0289. The topological polar surface area (TPSA) is 51.7 Å². The highest BCUT2D eigenvalue weighted by molar-refractivity contribution is 5.94. The van der Waals surface area contributed by atoms with Gasteiger partial charge in [-0.1, -0.05) is 30.3 Å². The Hall–Kier alpha value is -2.81. The van der Waals surface area contributed by atoms with E-state index in [1.165, 1.54) is 16.7 Å².